The summed E-state index contributed by atoms with van der Waals surface area (Å²) < 4.78 is 1.12. The van der Waals surface area contributed by atoms with Crippen LogP contribution < -0.4 is 5.32 Å². The van der Waals surface area contributed by atoms with E-state index in [1.165, 1.54) is 16.8 Å². The number of hydrogen-bond donors (Lipinski definition) is 1. The number of rotatable bonds is 4. The SMILES string of the molecule is Brc1cccc(NCCN2Cc3ccccc3C2)c1. The van der Waals surface area contributed by atoms with Crippen LogP contribution in [-0.2, 0) is 13.1 Å². The predicted octanol–water partition coefficient (Wildman–Crippen LogP) is 3.88. The van der Waals surface area contributed by atoms with Gasteiger partial charge in [-0.3, -0.25) is 4.90 Å². The average molecular weight is 317 g/mol. The lowest BCUT2D eigenvalue weighted by Gasteiger charge is -2.15. The molecule has 19 heavy (non-hydrogen) atoms. The highest BCUT2D eigenvalue weighted by molar-refractivity contribution is 9.10. The number of anilines is 1. The molecule has 0 aromatic heterocycles. The van der Waals surface area contributed by atoms with Crippen LogP contribution in [0.3, 0.4) is 0 Å². The Morgan fingerprint density at radius 2 is 1.74 bits per heavy atom. The Labute approximate surface area is 122 Å². The van der Waals surface area contributed by atoms with Crippen LogP contribution in [0.4, 0.5) is 5.69 Å². The molecule has 1 heterocycles. The molecule has 0 unspecified atom stereocenters. The lowest BCUT2D eigenvalue weighted by molar-refractivity contribution is 0.296. The van der Waals surface area contributed by atoms with Crippen LogP contribution >= 0.6 is 15.9 Å². The minimum Gasteiger partial charge on any atom is -0.384 e. The summed E-state index contributed by atoms with van der Waals surface area (Å²) in [5, 5.41) is 3.47. The van der Waals surface area contributed by atoms with Crippen LogP contribution in [0.15, 0.2) is 53.0 Å². The van der Waals surface area contributed by atoms with Gasteiger partial charge in [-0.2, -0.15) is 0 Å². The van der Waals surface area contributed by atoms with Crippen LogP contribution in [0.2, 0.25) is 0 Å². The summed E-state index contributed by atoms with van der Waals surface area (Å²) in [5.74, 6) is 0. The molecule has 0 radical (unpaired) electrons. The van der Waals surface area contributed by atoms with Gasteiger partial charge in [0.15, 0.2) is 0 Å². The normalized spacial score (nSPS) is 14.4. The molecule has 3 heteroatoms. The smallest absolute Gasteiger partial charge is 0.0351 e. The maximum atomic E-state index is 3.49. The Balaban J connectivity index is 1.50. The van der Waals surface area contributed by atoms with Crippen molar-refractivity contribution < 1.29 is 0 Å². The molecule has 2 nitrogen and oxygen atoms in total. The summed E-state index contributed by atoms with van der Waals surface area (Å²) >= 11 is 3.49. The lowest BCUT2D eigenvalue weighted by Crippen LogP contribution is -2.23. The van der Waals surface area contributed by atoms with Gasteiger partial charge in [0.25, 0.3) is 0 Å². The lowest BCUT2D eigenvalue weighted by atomic mass is 10.1. The Bertz CT molecular complexity index is 543. The van der Waals surface area contributed by atoms with E-state index in [-0.39, 0.29) is 0 Å². The molecular formula is C16H17BrN2. The fourth-order valence-electron chi connectivity index (χ4n) is 2.52. The maximum Gasteiger partial charge on any atom is 0.0351 e. The van der Waals surface area contributed by atoms with Gasteiger partial charge >= 0.3 is 0 Å². The standard InChI is InChI=1S/C16H17BrN2/c17-15-6-3-7-16(10-15)18-8-9-19-11-13-4-1-2-5-14(13)12-19/h1-7,10,18H,8-9,11-12H2. The predicted molar refractivity (Wildman–Crippen MR) is 83.2 cm³/mol. The van der Waals surface area contributed by atoms with Crippen molar-refractivity contribution >= 4 is 21.6 Å². The van der Waals surface area contributed by atoms with Gasteiger partial charge < -0.3 is 5.32 Å². The van der Waals surface area contributed by atoms with Gasteiger partial charge in [-0.15, -0.1) is 0 Å². The molecule has 0 spiro atoms. The number of nitrogens with zero attached hydrogens (tertiary/aromatic N) is 1. The summed E-state index contributed by atoms with van der Waals surface area (Å²) in [5.41, 5.74) is 4.13. The fraction of sp³-hybridized carbons (Fsp3) is 0.250. The van der Waals surface area contributed by atoms with Crippen LogP contribution in [0.25, 0.3) is 0 Å². The summed E-state index contributed by atoms with van der Waals surface area (Å²) in [6.45, 7) is 4.21. The largest absolute Gasteiger partial charge is 0.384 e. The van der Waals surface area contributed by atoms with Gasteiger partial charge in [0.1, 0.15) is 0 Å². The molecule has 0 fully saturated rings. The Kier molecular flexibility index (Phi) is 3.85. The van der Waals surface area contributed by atoms with E-state index in [1.807, 2.05) is 6.07 Å². The van der Waals surface area contributed by atoms with Crippen LogP contribution in [0.1, 0.15) is 11.1 Å². The highest BCUT2D eigenvalue weighted by atomic mass is 79.9. The molecule has 1 N–H and O–H groups in total. The molecule has 0 saturated heterocycles. The monoisotopic (exact) mass is 316 g/mol. The van der Waals surface area contributed by atoms with E-state index in [1.54, 1.807) is 0 Å². The molecule has 0 atom stereocenters. The Morgan fingerprint density at radius 3 is 2.42 bits per heavy atom. The zero-order chi connectivity index (χ0) is 13.1. The molecule has 0 aliphatic carbocycles. The van der Waals surface area contributed by atoms with Crippen molar-refractivity contribution in [1.29, 1.82) is 0 Å². The summed E-state index contributed by atoms with van der Waals surface area (Å²) in [6.07, 6.45) is 0. The van der Waals surface area contributed by atoms with Gasteiger partial charge in [-0.25, -0.2) is 0 Å². The van der Waals surface area contributed by atoms with Crippen LogP contribution in [-0.4, -0.2) is 18.0 Å². The number of halogens is 1. The number of hydrogen-bond acceptors (Lipinski definition) is 2. The van der Waals surface area contributed by atoms with Crippen molar-refractivity contribution in [3.05, 3.63) is 64.1 Å². The first-order valence-electron chi connectivity index (χ1n) is 6.60. The summed E-state index contributed by atoms with van der Waals surface area (Å²) in [6, 6.07) is 17.0. The third-order valence-corrected chi connectivity index (χ3v) is 3.98. The second-order valence-electron chi connectivity index (χ2n) is 4.92. The van der Waals surface area contributed by atoms with Crippen molar-refractivity contribution in [3.8, 4) is 0 Å². The number of fused-ring (bicyclic) bond motifs is 1. The van der Waals surface area contributed by atoms with Crippen molar-refractivity contribution in [1.82, 2.24) is 4.90 Å². The first-order chi connectivity index (χ1) is 9.31. The van der Waals surface area contributed by atoms with Gasteiger partial charge in [-0.1, -0.05) is 46.3 Å². The van der Waals surface area contributed by atoms with E-state index in [0.717, 1.165) is 30.7 Å². The summed E-state index contributed by atoms with van der Waals surface area (Å²) in [4.78, 5) is 2.48. The van der Waals surface area contributed by atoms with Crippen LogP contribution in [0.5, 0.6) is 0 Å². The fourth-order valence-corrected chi connectivity index (χ4v) is 2.92. The van der Waals surface area contributed by atoms with Crippen molar-refractivity contribution in [3.63, 3.8) is 0 Å². The second kappa shape index (κ2) is 5.76. The van der Waals surface area contributed by atoms with Gasteiger partial charge in [0, 0.05) is 36.3 Å². The third-order valence-electron chi connectivity index (χ3n) is 3.49. The van der Waals surface area contributed by atoms with Crippen molar-refractivity contribution in [2.45, 2.75) is 13.1 Å². The van der Waals surface area contributed by atoms with E-state index >= 15 is 0 Å². The van der Waals surface area contributed by atoms with Crippen LogP contribution in [0, 0.1) is 0 Å². The zero-order valence-corrected chi connectivity index (χ0v) is 12.4. The van der Waals surface area contributed by atoms with Gasteiger partial charge in [0.05, 0.1) is 0 Å². The molecular weight excluding hydrogens is 300 g/mol. The Morgan fingerprint density at radius 1 is 1.00 bits per heavy atom. The Hall–Kier alpha value is -1.32. The first-order valence-corrected chi connectivity index (χ1v) is 7.39. The minimum absolute atomic E-state index is 0.977. The second-order valence-corrected chi connectivity index (χ2v) is 5.83. The number of nitrogens with one attached hydrogen (secondary N) is 1. The van der Waals surface area contributed by atoms with Crippen molar-refractivity contribution in [2.75, 3.05) is 18.4 Å². The van der Waals surface area contributed by atoms with Crippen molar-refractivity contribution in [2.24, 2.45) is 0 Å². The van der Waals surface area contributed by atoms with Gasteiger partial charge in [-0.05, 0) is 29.3 Å². The highest BCUT2D eigenvalue weighted by Crippen LogP contribution is 2.21. The topological polar surface area (TPSA) is 15.3 Å². The molecule has 1 aliphatic rings. The molecule has 98 valence electrons. The highest BCUT2D eigenvalue weighted by Gasteiger charge is 2.17. The quantitative estimate of drug-likeness (QED) is 0.921. The molecule has 1 aliphatic heterocycles. The minimum atomic E-state index is 0.977. The number of benzene rings is 2. The van der Waals surface area contributed by atoms with E-state index in [4.69, 9.17) is 0 Å². The van der Waals surface area contributed by atoms with E-state index < -0.39 is 0 Å². The van der Waals surface area contributed by atoms with E-state index in [2.05, 4.69) is 68.6 Å². The first kappa shape index (κ1) is 12.7. The molecule has 3 rings (SSSR count). The molecule has 0 bridgehead atoms. The third kappa shape index (κ3) is 3.17. The van der Waals surface area contributed by atoms with Gasteiger partial charge in [0.2, 0.25) is 0 Å². The molecule has 0 amide bonds. The zero-order valence-electron chi connectivity index (χ0n) is 10.8. The average Bonchev–Trinajstić information content (AvgIpc) is 2.81. The molecule has 0 saturated carbocycles. The maximum absolute atomic E-state index is 3.49. The van der Waals surface area contributed by atoms with E-state index in [0.29, 0.717) is 0 Å². The molecule has 2 aromatic carbocycles. The van der Waals surface area contributed by atoms with E-state index in [9.17, 15) is 0 Å². The summed E-state index contributed by atoms with van der Waals surface area (Å²) in [7, 11) is 0. The molecule has 2 aromatic rings.